The molecule has 1 atom stereocenters. The monoisotopic (exact) mass is 522 g/mol. The molecular formula is C17H24F5IN4O. The zero-order valence-electron chi connectivity index (χ0n) is 15.4. The Balaban J connectivity index is 0.00000392. The highest BCUT2D eigenvalue weighted by Gasteiger charge is 2.28. The van der Waals surface area contributed by atoms with E-state index < -0.39 is 24.4 Å². The Morgan fingerprint density at radius 3 is 2.57 bits per heavy atom. The van der Waals surface area contributed by atoms with Crippen LogP contribution in [0, 0.1) is 11.6 Å². The van der Waals surface area contributed by atoms with Gasteiger partial charge in [0.2, 0.25) is 0 Å². The summed E-state index contributed by atoms with van der Waals surface area (Å²) in [5, 5.41) is 6.13. The second-order valence-electron chi connectivity index (χ2n) is 6.17. The molecule has 2 rings (SSSR count). The van der Waals surface area contributed by atoms with Crippen molar-refractivity contribution in [1.82, 2.24) is 10.6 Å². The van der Waals surface area contributed by atoms with Gasteiger partial charge in [-0.1, -0.05) is 6.07 Å². The summed E-state index contributed by atoms with van der Waals surface area (Å²) in [6.45, 7) is 0.0126. The highest BCUT2D eigenvalue weighted by atomic mass is 127. The van der Waals surface area contributed by atoms with Gasteiger partial charge in [0.15, 0.2) is 5.96 Å². The third kappa shape index (κ3) is 7.94. The SMILES string of the molecule is CN=C(NCCCOCC(F)(F)F)NC1CCN(c2c(F)cccc2F)C1.I. The minimum Gasteiger partial charge on any atom is -0.372 e. The first-order valence-electron chi connectivity index (χ1n) is 8.61. The van der Waals surface area contributed by atoms with Gasteiger partial charge in [-0.2, -0.15) is 13.2 Å². The third-order valence-electron chi connectivity index (χ3n) is 4.03. The standard InChI is InChI=1S/C17H23F5N4O.HI/c1-23-16(24-7-3-9-27-11-17(20,21)22)25-12-6-8-26(10-12)15-13(18)4-2-5-14(15)19;/h2,4-5,12H,3,6-11H2,1H3,(H2,23,24,25);1H. The van der Waals surface area contributed by atoms with Crippen molar-refractivity contribution >= 4 is 35.6 Å². The molecule has 0 bridgehead atoms. The number of guanidine groups is 1. The average Bonchev–Trinajstić information content (AvgIpc) is 3.03. The number of para-hydroxylation sites is 1. The van der Waals surface area contributed by atoms with Crippen molar-refractivity contribution < 1.29 is 26.7 Å². The number of hydrogen-bond acceptors (Lipinski definition) is 3. The van der Waals surface area contributed by atoms with Gasteiger partial charge in [0.25, 0.3) is 0 Å². The number of nitrogens with one attached hydrogen (secondary N) is 2. The highest BCUT2D eigenvalue weighted by Crippen LogP contribution is 2.26. The van der Waals surface area contributed by atoms with E-state index in [2.05, 4.69) is 20.4 Å². The molecule has 0 radical (unpaired) electrons. The molecule has 1 aliphatic heterocycles. The van der Waals surface area contributed by atoms with Crippen LogP contribution in [-0.4, -0.2) is 58.1 Å². The van der Waals surface area contributed by atoms with Crippen molar-refractivity contribution in [2.75, 3.05) is 44.8 Å². The van der Waals surface area contributed by atoms with Crippen molar-refractivity contribution in [2.45, 2.75) is 25.1 Å². The van der Waals surface area contributed by atoms with Crippen molar-refractivity contribution in [2.24, 2.45) is 4.99 Å². The van der Waals surface area contributed by atoms with Gasteiger partial charge < -0.3 is 20.3 Å². The summed E-state index contributed by atoms with van der Waals surface area (Å²) in [6, 6.07) is 3.71. The molecule has 0 spiro atoms. The summed E-state index contributed by atoms with van der Waals surface area (Å²) in [7, 11) is 1.57. The topological polar surface area (TPSA) is 48.9 Å². The number of nitrogens with zero attached hydrogens (tertiary/aromatic N) is 2. The quantitative estimate of drug-likeness (QED) is 0.190. The van der Waals surface area contributed by atoms with E-state index in [0.717, 1.165) is 0 Å². The Kier molecular flexibility index (Phi) is 10.2. The lowest BCUT2D eigenvalue weighted by atomic mass is 10.2. The van der Waals surface area contributed by atoms with E-state index in [1.165, 1.54) is 18.2 Å². The number of benzene rings is 1. The van der Waals surface area contributed by atoms with Gasteiger partial charge in [-0.05, 0) is 25.0 Å². The first kappa shape index (κ1) is 24.7. The molecule has 0 aromatic heterocycles. The van der Waals surface area contributed by atoms with Crippen LogP contribution in [0.3, 0.4) is 0 Å². The summed E-state index contributed by atoms with van der Waals surface area (Å²) in [4.78, 5) is 5.69. The molecule has 1 saturated heterocycles. The van der Waals surface area contributed by atoms with E-state index in [9.17, 15) is 22.0 Å². The number of aliphatic imine (C=N–C) groups is 1. The molecule has 1 aliphatic rings. The molecule has 2 N–H and O–H groups in total. The maximum atomic E-state index is 13.9. The van der Waals surface area contributed by atoms with Crippen LogP contribution in [0.4, 0.5) is 27.6 Å². The normalized spacial score (nSPS) is 17.4. The minimum absolute atomic E-state index is 0. The smallest absolute Gasteiger partial charge is 0.372 e. The van der Waals surface area contributed by atoms with Crippen molar-refractivity contribution in [3.8, 4) is 0 Å². The van der Waals surface area contributed by atoms with Crippen LogP contribution in [-0.2, 0) is 4.74 Å². The van der Waals surface area contributed by atoms with Gasteiger partial charge in [-0.25, -0.2) is 8.78 Å². The fourth-order valence-corrected chi connectivity index (χ4v) is 2.83. The van der Waals surface area contributed by atoms with E-state index >= 15 is 0 Å². The molecule has 1 unspecified atom stereocenters. The highest BCUT2D eigenvalue weighted by molar-refractivity contribution is 14.0. The minimum atomic E-state index is -4.32. The predicted molar refractivity (Wildman–Crippen MR) is 108 cm³/mol. The number of rotatable bonds is 7. The van der Waals surface area contributed by atoms with Gasteiger partial charge in [0, 0.05) is 39.3 Å². The van der Waals surface area contributed by atoms with Crippen LogP contribution < -0.4 is 15.5 Å². The number of ether oxygens (including phenoxy) is 1. The van der Waals surface area contributed by atoms with E-state index in [1.807, 2.05) is 0 Å². The molecule has 160 valence electrons. The van der Waals surface area contributed by atoms with Gasteiger partial charge >= 0.3 is 6.18 Å². The second kappa shape index (κ2) is 11.6. The fourth-order valence-electron chi connectivity index (χ4n) is 2.83. The first-order chi connectivity index (χ1) is 12.8. The second-order valence-corrected chi connectivity index (χ2v) is 6.17. The van der Waals surface area contributed by atoms with E-state index in [0.29, 0.717) is 38.4 Å². The van der Waals surface area contributed by atoms with Crippen LogP contribution in [0.1, 0.15) is 12.8 Å². The Labute approximate surface area is 177 Å². The summed E-state index contributed by atoms with van der Waals surface area (Å²) in [5.41, 5.74) is -0.0356. The van der Waals surface area contributed by atoms with E-state index in [4.69, 9.17) is 0 Å². The lowest BCUT2D eigenvalue weighted by molar-refractivity contribution is -0.173. The molecule has 28 heavy (non-hydrogen) atoms. The lowest BCUT2D eigenvalue weighted by Crippen LogP contribution is -2.45. The number of hydrogen-bond donors (Lipinski definition) is 2. The molecule has 0 aliphatic carbocycles. The van der Waals surface area contributed by atoms with Crippen LogP contribution in [0.15, 0.2) is 23.2 Å². The Hall–Kier alpha value is -1.37. The summed E-state index contributed by atoms with van der Waals surface area (Å²) < 4.78 is 68.2. The molecule has 1 fully saturated rings. The van der Waals surface area contributed by atoms with Crippen LogP contribution in [0.25, 0.3) is 0 Å². The van der Waals surface area contributed by atoms with Gasteiger partial charge in [0.05, 0.1) is 0 Å². The van der Waals surface area contributed by atoms with Crippen molar-refractivity contribution in [1.29, 1.82) is 0 Å². The molecule has 0 saturated carbocycles. The van der Waals surface area contributed by atoms with Gasteiger partial charge in [-0.3, -0.25) is 4.99 Å². The summed E-state index contributed by atoms with van der Waals surface area (Å²) in [5.74, 6) is -0.722. The van der Waals surface area contributed by atoms with Gasteiger partial charge in [0.1, 0.15) is 23.9 Å². The fraction of sp³-hybridized carbons (Fsp3) is 0.588. The Morgan fingerprint density at radius 1 is 1.29 bits per heavy atom. The van der Waals surface area contributed by atoms with Crippen molar-refractivity contribution in [3.63, 3.8) is 0 Å². The first-order valence-corrected chi connectivity index (χ1v) is 8.61. The number of anilines is 1. The Bertz CT molecular complexity index is 624. The van der Waals surface area contributed by atoms with Crippen LogP contribution >= 0.6 is 24.0 Å². The lowest BCUT2D eigenvalue weighted by Gasteiger charge is -2.21. The molecule has 0 amide bonds. The zero-order valence-corrected chi connectivity index (χ0v) is 17.7. The maximum Gasteiger partial charge on any atom is 0.411 e. The maximum absolute atomic E-state index is 13.9. The van der Waals surface area contributed by atoms with E-state index in [-0.39, 0.29) is 42.3 Å². The van der Waals surface area contributed by atoms with Crippen molar-refractivity contribution in [3.05, 3.63) is 29.8 Å². The van der Waals surface area contributed by atoms with E-state index in [1.54, 1.807) is 11.9 Å². The molecular weight excluding hydrogens is 498 g/mol. The van der Waals surface area contributed by atoms with Crippen LogP contribution in [0.2, 0.25) is 0 Å². The molecule has 11 heteroatoms. The van der Waals surface area contributed by atoms with Crippen LogP contribution in [0.5, 0.6) is 0 Å². The molecule has 1 heterocycles. The predicted octanol–water partition coefficient (Wildman–Crippen LogP) is 3.30. The third-order valence-corrected chi connectivity index (χ3v) is 4.03. The van der Waals surface area contributed by atoms with Gasteiger partial charge in [-0.15, -0.1) is 24.0 Å². The molecule has 1 aromatic carbocycles. The Morgan fingerprint density at radius 2 is 1.96 bits per heavy atom. The summed E-state index contributed by atoms with van der Waals surface area (Å²) >= 11 is 0. The summed E-state index contributed by atoms with van der Waals surface area (Å²) in [6.07, 6.45) is -3.27. The largest absolute Gasteiger partial charge is 0.411 e. The average molecular weight is 522 g/mol. The molecule has 1 aromatic rings. The zero-order chi connectivity index (χ0) is 19.9. The molecule has 5 nitrogen and oxygen atoms in total. The number of alkyl halides is 3. The number of halogens is 6.